The third-order valence-electron chi connectivity index (χ3n) is 1.08. The van der Waals surface area contributed by atoms with Crippen LogP contribution < -0.4 is 0 Å². The van der Waals surface area contributed by atoms with E-state index in [1.165, 1.54) is 6.20 Å². The van der Waals surface area contributed by atoms with Gasteiger partial charge in [0.2, 0.25) is 0 Å². The van der Waals surface area contributed by atoms with Crippen LogP contribution in [0.1, 0.15) is 10.5 Å². The number of carbonyl (C=O) groups excluding carboxylic acids is 1. The van der Waals surface area contributed by atoms with Crippen molar-refractivity contribution < 1.29 is 4.79 Å². The van der Waals surface area contributed by atoms with Gasteiger partial charge in [-0.1, -0.05) is 0 Å². The van der Waals surface area contributed by atoms with Gasteiger partial charge in [-0.05, 0) is 0 Å². The van der Waals surface area contributed by atoms with Gasteiger partial charge in [-0.25, -0.2) is 0 Å². The van der Waals surface area contributed by atoms with E-state index < -0.39 is 0 Å². The molecule has 2 rings (SSSR count). The molecule has 1 aromatic rings. The molecule has 0 fully saturated rings. The molecule has 1 aliphatic heterocycles. The number of aromatic nitrogens is 2. The van der Waals surface area contributed by atoms with Crippen LogP contribution in [0.15, 0.2) is 16.4 Å². The van der Waals surface area contributed by atoms with Crippen LogP contribution >= 0.6 is 0 Å². The number of nitrogens with zero attached hydrogens (tertiary/aromatic N) is 3. The largest absolute Gasteiger partial charge is 0.315 e. The summed E-state index contributed by atoms with van der Waals surface area (Å²) in [7, 11) is 0. The van der Waals surface area contributed by atoms with Gasteiger partial charge in [0.25, 0.3) is 0 Å². The topological polar surface area (TPSA) is 70.5 Å². The fraction of sp³-hybridized carbons (Fsp3) is 0. The zero-order chi connectivity index (χ0) is 6.27. The number of hydrogen-bond donors (Lipinski definition) is 1. The second kappa shape index (κ2) is 1.25. The van der Waals surface area contributed by atoms with Crippen molar-refractivity contribution in [2.24, 2.45) is 10.2 Å². The number of aromatic amines is 1. The van der Waals surface area contributed by atoms with Crippen molar-refractivity contribution >= 4 is 11.6 Å². The average Bonchev–Trinajstić information content (AvgIpc) is 2.35. The summed E-state index contributed by atoms with van der Waals surface area (Å²) in [6.07, 6.45) is 1.46. The highest BCUT2D eigenvalue weighted by molar-refractivity contribution is 5.99. The minimum atomic E-state index is -0.345. The Balaban J connectivity index is 2.73. The molecule has 1 N–H and O–H groups in total. The summed E-state index contributed by atoms with van der Waals surface area (Å²) in [5.41, 5.74) is 0.912. The first-order valence-electron chi connectivity index (χ1n) is 2.37. The van der Waals surface area contributed by atoms with Crippen molar-refractivity contribution in [2.45, 2.75) is 0 Å². The number of nitrogens with one attached hydrogen (secondary N) is 1. The van der Waals surface area contributed by atoms with Crippen molar-refractivity contribution in [1.29, 1.82) is 0 Å². The molecule has 1 amide bonds. The Kier molecular flexibility index (Phi) is 0.606. The van der Waals surface area contributed by atoms with Crippen LogP contribution in [0.4, 0.5) is 5.69 Å². The number of fused-ring (bicyclic) bond motifs is 1. The normalized spacial score (nSPS) is 14.4. The van der Waals surface area contributed by atoms with Gasteiger partial charge >= 0.3 is 5.91 Å². The fourth-order valence-corrected chi connectivity index (χ4v) is 0.662. The molecule has 0 bridgehead atoms. The van der Waals surface area contributed by atoms with Crippen LogP contribution in [0.5, 0.6) is 0 Å². The number of carbonyl (C=O) groups is 1. The van der Waals surface area contributed by atoms with E-state index in [1.54, 1.807) is 0 Å². The smallest absolute Gasteiger partial charge is 0.271 e. The van der Waals surface area contributed by atoms with Gasteiger partial charge in [0, 0.05) is 0 Å². The van der Waals surface area contributed by atoms with E-state index in [0.717, 1.165) is 0 Å². The van der Waals surface area contributed by atoms with Crippen LogP contribution in [0.3, 0.4) is 0 Å². The molecule has 9 heavy (non-hydrogen) atoms. The van der Waals surface area contributed by atoms with E-state index >= 15 is 0 Å². The van der Waals surface area contributed by atoms with Crippen molar-refractivity contribution in [3.63, 3.8) is 0 Å². The average molecular weight is 122 g/mol. The third-order valence-corrected chi connectivity index (χ3v) is 1.08. The lowest BCUT2D eigenvalue weighted by molar-refractivity contribution is 0.0997. The van der Waals surface area contributed by atoms with E-state index in [9.17, 15) is 4.79 Å². The van der Waals surface area contributed by atoms with Crippen molar-refractivity contribution in [2.75, 3.05) is 0 Å². The molecule has 0 unspecified atom stereocenters. The molecule has 0 aromatic carbocycles. The van der Waals surface area contributed by atoms with Crippen molar-refractivity contribution in [3.8, 4) is 0 Å². The zero-order valence-corrected chi connectivity index (χ0v) is 4.33. The minimum Gasteiger partial charge on any atom is -0.271 e. The maximum atomic E-state index is 10.6. The molecule has 1 aromatic heterocycles. The Bertz CT molecular complexity index is 287. The number of H-pyrrole nitrogens is 1. The summed E-state index contributed by atoms with van der Waals surface area (Å²) in [5.74, 6) is -0.345. The molecule has 0 aliphatic carbocycles. The van der Waals surface area contributed by atoms with Crippen molar-refractivity contribution in [3.05, 3.63) is 11.9 Å². The Morgan fingerprint density at radius 1 is 1.44 bits per heavy atom. The second-order valence-corrected chi connectivity index (χ2v) is 1.64. The summed E-state index contributed by atoms with van der Waals surface area (Å²) in [6.45, 7) is 0. The third kappa shape index (κ3) is 0.426. The molecule has 5 nitrogen and oxygen atoms in total. The molecule has 1 aliphatic rings. The molecule has 0 radical (unpaired) electrons. The van der Waals surface area contributed by atoms with Gasteiger partial charge in [-0.2, -0.15) is 5.10 Å². The highest BCUT2D eigenvalue weighted by Crippen LogP contribution is 2.22. The lowest BCUT2D eigenvalue weighted by Gasteiger charge is -1.74. The van der Waals surface area contributed by atoms with Crippen LogP contribution in [-0.2, 0) is 0 Å². The minimum absolute atomic E-state index is 0.345. The lowest BCUT2D eigenvalue weighted by Crippen LogP contribution is -1.88. The highest BCUT2D eigenvalue weighted by Gasteiger charge is 2.18. The zero-order valence-electron chi connectivity index (χ0n) is 4.33. The Hall–Kier alpha value is -1.52. The molecule has 0 atom stereocenters. The predicted octanol–water partition coefficient (Wildman–Crippen LogP) is 0.647. The maximum Gasteiger partial charge on any atom is 0.315 e. The standard InChI is InChI=1S/C4H2N4O/c9-4-3-2(6-8-4)1-5-7-3/h1H,(H,5,7). The number of azo groups is 1. The number of amides is 1. The Morgan fingerprint density at radius 2 is 2.33 bits per heavy atom. The number of hydrogen-bond acceptors (Lipinski definition) is 3. The first-order chi connectivity index (χ1) is 4.38. The lowest BCUT2D eigenvalue weighted by atomic mass is 10.4. The van der Waals surface area contributed by atoms with Crippen molar-refractivity contribution in [1.82, 2.24) is 10.2 Å². The van der Waals surface area contributed by atoms with E-state index in [4.69, 9.17) is 0 Å². The molecule has 44 valence electrons. The van der Waals surface area contributed by atoms with Crippen LogP contribution in [0, 0.1) is 0 Å². The Morgan fingerprint density at radius 3 is 3.11 bits per heavy atom. The van der Waals surface area contributed by atoms with Gasteiger partial charge in [-0.3, -0.25) is 9.89 Å². The molecule has 0 saturated carbocycles. The number of rotatable bonds is 0. The summed E-state index contributed by atoms with van der Waals surface area (Å²) < 4.78 is 0. The molecule has 0 spiro atoms. The maximum absolute atomic E-state index is 10.6. The summed E-state index contributed by atoms with van der Waals surface area (Å²) >= 11 is 0. The van der Waals surface area contributed by atoms with Crippen LogP contribution in [-0.4, -0.2) is 16.1 Å². The summed E-state index contributed by atoms with van der Waals surface area (Å²) in [4.78, 5) is 10.6. The monoisotopic (exact) mass is 122 g/mol. The van der Waals surface area contributed by atoms with Gasteiger partial charge in [0.05, 0.1) is 6.20 Å². The Labute approximate surface area is 49.8 Å². The van der Waals surface area contributed by atoms with E-state index in [0.29, 0.717) is 11.4 Å². The van der Waals surface area contributed by atoms with E-state index in [2.05, 4.69) is 20.4 Å². The second-order valence-electron chi connectivity index (χ2n) is 1.64. The summed E-state index contributed by atoms with van der Waals surface area (Å²) in [5, 5.41) is 12.9. The SMILES string of the molecule is O=C1N=Nc2cn[nH]c21. The van der Waals surface area contributed by atoms with E-state index in [-0.39, 0.29) is 5.91 Å². The van der Waals surface area contributed by atoms with E-state index in [1.807, 2.05) is 0 Å². The molecular weight excluding hydrogens is 120 g/mol. The van der Waals surface area contributed by atoms with Gasteiger partial charge in [0.15, 0.2) is 5.69 Å². The first-order valence-corrected chi connectivity index (χ1v) is 2.37. The molecule has 0 saturated heterocycles. The molecule has 5 heteroatoms. The highest BCUT2D eigenvalue weighted by atomic mass is 16.2. The summed E-state index contributed by atoms with van der Waals surface area (Å²) in [6, 6.07) is 0. The van der Waals surface area contributed by atoms with Gasteiger partial charge in [-0.15, -0.1) is 10.2 Å². The quantitative estimate of drug-likeness (QED) is 0.548. The van der Waals surface area contributed by atoms with Crippen LogP contribution in [0.2, 0.25) is 0 Å². The van der Waals surface area contributed by atoms with Gasteiger partial charge in [0.1, 0.15) is 5.69 Å². The fourth-order valence-electron chi connectivity index (χ4n) is 0.662. The predicted molar refractivity (Wildman–Crippen MR) is 27.4 cm³/mol. The first kappa shape index (κ1) is 4.37. The van der Waals surface area contributed by atoms with Gasteiger partial charge < -0.3 is 0 Å². The molecule has 2 heterocycles. The van der Waals surface area contributed by atoms with Crippen LogP contribution in [0.25, 0.3) is 0 Å². The molecular formula is C4H2N4O.